The first kappa shape index (κ1) is 10.4. The van der Waals surface area contributed by atoms with Crippen molar-refractivity contribution in [2.24, 2.45) is 10.7 Å². The summed E-state index contributed by atoms with van der Waals surface area (Å²) in [7, 11) is 0. The van der Waals surface area contributed by atoms with E-state index in [1.54, 1.807) is 0 Å². The number of hydrogen-bond acceptors (Lipinski definition) is 3. The number of rotatable bonds is 2. The monoisotopic (exact) mass is 227 g/mol. The molecule has 0 aromatic rings. The maximum Gasteiger partial charge on any atom is 0.196 e. The molecule has 0 spiro atoms. The van der Waals surface area contributed by atoms with Gasteiger partial charge in [0.1, 0.15) is 0 Å². The van der Waals surface area contributed by atoms with Crippen molar-refractivity contribution in [2.75, 3.05) is 6.54 Å². The molecule has 3 rings (SSSR count). The lowest BCUT2D eigenvalue weighted by Gasteiger charge is -2.24. The average molecular weight is 227 g/mol. The number of fused-ring (bicyclic) bond motifs is 1. The van der Waals surface area contributed by atoms with E-state index in [1.165, 1.54) is 11.3 Å². The van der Waals surface area contributed by atoms with Crippen LogP contribution in [0.3, 0.4) is 0 Å². The van der Waals surface area contributed by atoms with E-state index in [1.807, 2.05) is 0 Å². The molecule has 2 aliphatic carbocycles. The molecule has 3 aliphatic rings. The van der Waals surface area contributed by atoms with E-state index in [9.17, 15) is 0 Å². The van der Waals surface area contributed by atoms with Gasteiger partial charge in [0.15, 0.2) is 5.96 Å². The van der Waals surface area contributed by atoms with Crippen LogP contribution in [0, 0.1) is 0 Å². The van der Waals surface area contributed by atoms with Gasteiger partial charge in [-0.1, -0.05) is 30.4 Å². The normalized spacial score (nSPS) is 26.5. The molecule has 2 N–H and O–H groups in total. The summed E-state index contributed by atoms with van der Waals surface area (Å²) < 4.78 is 0. The third kappa shape index (κ3) is 1.93. The predicted molar refractivity (Wildman–Crippen MR) is 70.4 cm³/mol. The van der Waals surface area contributed by atoms with Crippen LogP contribution < -0.4 is 5.73 Å². The second-order valence-electron chi connectivity index (χ2n) is 4.60. The molecule has 3 heteroatoms. The zero-order valence-electron chi connectivity index (χ0n) is 9.84. The van der Waals surface area contributed by atoms with Gasteiger partial charge in [0.05, 0.1) is 12.6 Å². The van der Waals surface area contributed by atoms with Crippen LogP contribution in [0.25, 0.3) is 0 Å². The molecule has 1 aliphatic heterocycles. The second-order valence-corrected chi connectivity index (χ2v) is 4.60. The van der Waals surface area contributed by atoms with Gasteiger partial charge in [-0.2, -0.15) is 0 Å². The lowest BCUT2D eigenvalue weighted by atomic mass is 10.0. The van der Waals surface area contributed by atoms with E-state index in [4.69, 9.17) is 5.73 Å². The standard InChI is InChI=1S/C14H17N3/c15-14-16-12-8-4-5-9-13(12)17(14)10-11-6-2-1-3-7-11/h2,4-7,9,12H,1,3,8,10H2,(H2,15,16). The van der Waals surface area contributed by atoms with E-state index in [0.717, 1.165) is 25.8 Å². The highest BCUT2D eigenvalue weighted by Gasteiger charge is 2.29. The van der Waals surface area contributed by atoms with Crippen molar-refractivity contribution in [3.05, 3.63) is 47.7 Å². The summed E-state index contributed by atoms with van der Waals surface area (Å²) in [5.41, 5.74) is 8.59. The summed E-state index contributed by atoms with van der Waals surface area (Å²) in [6, 6.07) is 0.244. The predicted octanol–water partition coefficient (Wildman–Crippen LogP) is 2.11. The minimum absolute atomic E-state index is 0.244. The fourth-order valence-electron chi connectivity index (χ4n) is 2.50. The van der Waals surface area contributed by atoms with Crippen LogP contribution >= 0.6 is 0 Å². The molecule has 0 saturated heterocycles. The smallest absolute Gasteiger partial charge is 0.196 e. The van der Waals surface area contributed by atoms with Gasteiger partial charge in [0.25, 0.3) is 0 Å². The van der Waals surface area contributed by atoms with E-state index in [2.05, 4.69) is 46.3 Å². The molecular weight excluding hydrogens is 210 g/mol. The Hall–Kier alpha value is -1.77. The van der Waals surface area contributed by atoms with Gasteiger partial charge in [0.2, 0.25) is 0 Å². The molecule has 0 amide bonds. The third-order valence-electron chi connectivity index (χ3n) is 3.39. The number of aliphatic imine (C=N–C) groups is 1. The molecule has 0 saturated carbocycles. The Bertz CT molecular complexity index is 466. The topological polar surface area (TPSA) is 41.6 Å². The zero-order chi connectivity index (χ0) is 11.7. The Kier molecular flexibility index (Phi) is 2.59. The Balaban J connectivity index is 1.80. The fourth-order valence-corrected chi connectivity index (χ4v) is 2.50. The van der Waals surface area contributed by atoms with Crippen LogP contribution in [-0.4, -0.2) is 23.4 Å². The maximum absolute atomic E-state index is 6.01. The zero-order valence-corrected chi connectivity index (χ0v) is 9.84. The van der Waals surface area contributed by atoms with Crippen molar-refractivity contribution in [1.82, 2.24) is 4.90 Å². The lowest BCUT2D eigenvalue weighted by Crippen LogP contribution is -2.34. The highest BCUT2D eigenvalue weighted by molar-refractivity contribution is 5.83. The van der Waals surface area contributed by atoms with Gasteiger partial charge < -0.3 is 10.6 Å². The summed E-state index contributed by atoms with van der Waals surface area (Å²) >= 11 is 0. The molecule has 3 nitrogen and oxygen atoms in total. The SMILES string of the molecule is NC1=NC2CC=CC=C2N1CC1=CCCC=C1. The van der Waals surface area contributed by atoms with Gasteiger partial charge in [-0.3, -0.25) is 0 Å². The van der Waals surface area contributed by atoms with Gasteiger partial charge in [-0.15, -0.1) is 0 Å². The Morgan fingerprint density at radius 2 is 2.29 bits per heavy atom. The van der Waals surface area contributed by atoms with Crippen LogP contribution in [0.5, 0.6) is 0 Å². The third-order valence-corrected chi connectivity index (χ3v) is 3.39. The summed E-state index contributed by atoms with van der Waals surface area (Å²) in [6.45, 7) is 0.849. The highest BCUT2D eigenvalue weighted by atomic mass is 15.3. The Labute approximate surface area is 102 Å². The van der Waals surface area contributed by atoms with Crippen LogP contribution in [0.15, 0.2) is 52.7 Å². The first-order chi connectivity index (χ1) is 8.34. The summed E-state index contributed by atoms with van der Waals surface area (Å²) in [5, 5.41) is 0. The van der Waals surface area contributed by atoms with Crippen molar-refractivity contribution in [3.63, 3.8) is 0 Å². The molecule has 0 aromatic carbocycles. The quantitative estimate of drug-likeness (QED) is 0.785. The molecule has 1 unspecified atom stereocenters. The average Bonchev–Trinajstić information content (AvgIpc) is 2.68. The van der Waals surface area contributed by atoms with Gasteiger partial charge in [-0.25, -0.2) is 4.99 Å². The fraction of sp³-hybridized carbons (Fsp3) is 0.357. The summed E-state index contributed by atoms with van der Waals surface area (Å²) in [4.78, 5) is 6.64. The summed E-state index contributed by atoms with van der Waals surface area (Å²) in [5.74, 6) is 0.657. The van der Waals surface area contributed by atoms with Crippen molar-refractivity contribution in [3.8, 4) is 0 Å². The molecule has 88 valence electrons. The second kappa shape index (κ2) is 4.24. The molecule has 17 heavy (non-hydrogen) atoms. The van der Waals surface area contributed by atoms with Crippen LogP contribution in [0.2, 0.25) is 0 Å². The molecule has 1 atom stereocenters. The minimum atomic E-state index is 0.244. The van der Waals surface area contributed by atoms with Crippen molar-refractivity contribution >= 4 is 5.96 Å². The van der Waals surface area contributed by atoms with E-state index >= 15 is 0 Å². The number of nitrogens with two attached hydrogens (primary N) is 1. The molecule has 0 bridgehead atoms. The van der Waals surface area contributed by atoms with Crippen molar-refractivity contribution < 1.29 is 0 Å². The molecule has 0 radical (unpaired) electrons. The van der Waals surface area contributed by atoms with Crippen LogP contribution in [-0.2, 0) is 0 Å². The maximum atomic E-state index is 6.01. The molecular formula is C14H17N3. The molecule has 0 fully saturated rings. The first-order valence-corrected chi connectivity index (χ1v) is 6.18. The Morgan fingerprint density at radius 3 is 3.12 bits per heavy atom. The van der Waals surface area contributed by atoms with Crippen molar-refractivity contribution in [1.29, 1.82) is 0 Å². The van der Waals surface area contributed by atoms with Crippen molar-refractivity contribution in [2.45, 2.75) is 25.3 Å². The van der Waals surface area contributed by atoms with E-state index in [-0.39, 0.29) is 6.04 Å². The summed E-state index contributed by atoms with van der Waals surface area (Å²) in [6.07, 6.45) is 16.4. The van der Waals surface area contributed by atoms with Crippen LogP contribution in [0.4, 0.5) is 0 Å². The van der Waals surface area contributed by atoms with Gasteiger partial charge >= 0.3 is 0 Å². The number of nitrogens with zero attached hydrogens (tertiary/aromatic N) is 2. The highest BCUT2D eigenvalue weighted by Crippen LogP contribution is 2.27. The number of hydrogen-bond donors (Lipinski definition) is 1. The molecule has 0 aromatic heterocycles. The van der Waals surface area contributed by atoms with Crippen LogP contribution in [0.1, 0.15) is 19.3 Å². The minimum Gasteiger partial charge on any atom is -0.369 e. The lowest BCUT2D eigenvalue weighted by molar-refractivity contribution is 0.539. The molecule has 1 heterocycles. The number of guanidine groups is 1. The van der Waals surface area contributed by atoms with E-state index in [0.29, 0.717) is 5.96 Å². The largest absolute Gasteiger partial charge is 0.369 e. The number of allylic oxidation sites excluding steroid dienone is 4. The van der Waals surface area contributed by atoms with E-state index < -0.39 is 0 Å². The Morgan fingerprint density at radius 1 is 1.35 bits per heavy atom. The van der Waals surface area contributed by atoms with Gasteiger partial charge in [-0.05, 0) is 30.9 Å². The first-order valence-electron chi connectivity index (χ1n) is 6.18. The van der Waals surface area contributed by atoms with Gasteiger partial charge in [0, 0.05) is 5.70 Å².